The first-order valence-electron chi connectivity index (χ1n) is 12.0. The van der Waals surface area contributed by atoms with Crippen molar-refractivity contribution in [2.24, 2.45) is 11.8 Å². The van der Waals surface area contributed by atoms with E-state index in [1.54, 1.807) is 0 Å². The summed E-state index contributed by atoms with van der Waals surface area (Å²) in [5.74, 6) is 2.59. The molecule has 0 atom stereocenters. The fourth-order valence-corrected chi connectivity index (χ4v) is 5.51. The Morgan fingerprint density at radius 1 is 0.903 bits per heavy atom. The molecule has 31 heavy (non-hydrogen) atoms. The quantitative estimate of drug-likeness (QED) is 0.555. The molecule has 1 saturated carbocycles. The van der Waals surface area contributed by atoms with Gasteiger partial charge in [0, 0.05) is 31.5 Å². The van der Waals surface area contributed by atoms with Crippen LogP contribution in [0.4, 0.5) is 0 Å². The zero-order valence-corrected chi connectivity index (χ0v) is 18.5. The fraction of sp³-hybridized carbons (Fsp3) is 0.481. The average Bonchev–Trinajstić information content (AvgIpc) is 3.17. The second-order valence-electron chi connectivity index (χ2n) is 9.56. The lowest BCUT2D eigenvalue weighted by atomic mass is 9.82. The van der Waals surface area contributed by atoms with E-state index >= 15 is 0 Å². The number of para-hydroxylation sites is 2. The summed E-state index contributed by atoms with van der Waals surface area (Å²) in [5.41, 5.74) is 3.58. The van der Waals surface area contributed by atoms with E-state index in [4.69, 9.17) is 4.98 Å². The van der Waals surface area contributed by atoms with Gasteiger partial charge in [0.2, 0.25) is 5.91 Å². The Bertz CT molecular complexity index is 1030. The minimum atomic E-state index is 0.260. The van der Waals surface area contributed by atoms with Crippen molar-refractivity contribution >= 4 is 16.9 Å². The van der Waals surface area contributed by atoms with Crippen LogP contribution in [-0.4, -0.2) is 33.4 Å². The number of piperidine rings is 1. The summed E-state index contributed by atoms with van der Waals surface area (Å²) < 4.78 is 2.46. The maximum absolute atomic E-state index is 13.1. The predicted molar refractivity (Wildman–Crippen MR) is 125 cm³/mol. The third kappa shape index (κ3) is 4.26. The summed E-state index contributed by atoms with van der Waals surface area (Å²) >= 11 is 0. The van der Waals surface area contributed by atoms with Crippen molar-refractivity contribution in [2.45, 2.75) is 57.9 Å². The van der Waals surface area contributed by atoms with Gasteiger partial charge < -0.3 is 9.47 Å². The number of nitrogens with zero attached hydrogens (tertiary/aromatic N) is 3. The number of rotatable bonds is 4. The summed E-state index contributed by atoms with van der Waals surface area (Å²) in [6, 6.07) is 19.5. The molecule has 4 nitrogen and oxygen atoms in total. The number of carbonyl (C=O) groups excluding carboxylic acids is 1. The van der Waals surface area contributed by atoms with Crippen LogP contribution in [0.5, 0.6) is 0 Å². The molecular weight excluding hydrogens is 382 g/mol. The monoisotopic (exact) mass is 415 g/mol. The van der Waals surface area contributed by atoms with E-state index in [-0.39, 0.29) is 5.92 Å². The topological polar surface area (TPSA) is 38.1 Å². The molecule has 1 amide bonds. The molecule has 5 rings (SSSR count). The molecule has 1 aliphatic carbocycles. The Labute approximate surface area is 185 Å². The number of fused-ring (bicyclic) bond motifs is 1. The third-order valence-electron chi connectivity index (χ3n) is 7.38. The lowest BCUT2D eigenvalue weighted by molar-refractivity contribution is -0.138. The molecule has 2 fully saturated rings. The van der Waals surface area contributed by atoms with Gasteiger partial charge in [-0.15, -0.1) is 0 Å². The van der Waals surface area contributed by atoms with Gasteiger partial charge in [-0.1, -0.05) is 49.4 Å². The second kappa shape index (κ2) is 8.86. The molecule has 162 valence electrons. The van der Waals surface area contributed by atoms with Crippen molar-refractivity contribution in [1.29, 1.82) is 0 Å². The highest BCUT2D eigenvalue weighted by atomic mass is 16.2. The average molecular weight is 416 g/mol. The van der Waals surface area contributed by atoms with Crippen LogP contribution < -0.4 is 0 Å². The smallest absolute Gasteiger partial charge is 0.225 e. The van der Waals surface area contributed by atoms with Crippen molar-refractivity contribution in [2.75, 3.05) is 13.1 Å². The number of benzene rings is 2. The summed E-state index contributed by atoms with van der Waals surface area (Å²) in [6.45, 7) is 4.05. The summed E-state index contributed by atoms with van der Waals surface area (Å²) in [7, 11) is 0. The number of hydrogen-bond donors (Lipinski definition) is 0. The number of aromatic nitrogens is 2. The van der Waals surface area contributed by atoms with E-state index in [0.29, 0.717) is 11.9 Å². The van der Waals surface area contributed by atoms with Gasteiger partial charge in [0.1, 0.15) is 5.82 Å². The zero-order valence-electron chi connectivity index (χ0n) is 18.5. The number of likely N-dealkylation sites (tertiary alicyclic amines) is 1. The van der Waals surface area contributed by atoms with Crippen LogP contribution in [0.2, 0.25) is 0 Å². The highest BCUT2D eigenvalue weighted by molar-refractivity contribution is 5.79. The van der Waals surface area contributed by atoms with Crippen molar-refractivity contribution in [3.05, 3.63) is 66.0 Å². The Balaban J connectivity index is 1.33. The van der Waals surface area contributed by atoms with E-state index in [2.05, 4.69) is 71.0 Å². The van der Waals surface area contributed by atoms with Crippen molar-refractivity contribution in [3.63, 3.8) is 0 Å². The largest absolute Gasteiger partial charge is 0.342 e. The zero-order chi connectivity index (χ0) is 21.2. The van der Waals surface area contributed by atoms with Crippen molar-refractivity contribution < 1.29 is 4.79 Å². The molecule has 3 aromatic rings. The van der Waals surface area contributed by atoms with Gasteiger partial charge in [-0.2, -0.15) is 0 Å². The van der Waals surface area contributed by atoms with Gasteiger partial charge >= 0.3 is 0 Å². The SMILES string of the molecule is CC1CCC(C(=O)N2CCC(n3c(Cc4ccccc4)nc4ccccc43)CC2)CC1. The van der Waals surface area contributed by atoms with Gasteiger partial charge in [0.05, 0.1) is 11.0 Å². The molecule has 0 bridgehead atoms. The number of hydrogen-bond acceptors (Lipinski definition) is 2. The van der Waals surface area contributed by atoms with E-state index in [0.717, 1.165) is 62.5 Å². The predicted octanol–water partition coefficient (Wildman–Crippen LogP) is 5.62. The van der Waals surface area contributed by atoms with Crippen LogP contribution in [0, 0.1) is 11.8 Å². The molecule has 1 aromatic heterocycles. The van der Waals surface area contributed by atoms with Gasteiger partial charge in [0.25, 0.3) is 0 Å². The van der Waals surface area contributed by atoms with E-state index in [1.165, 1.54) is 23.9 Å². The molecule has 1 aliphatic heterocycles. The Hall–Kier alpha value is -2.62. The van der Waals surface area contributed by atoms with E-state index < -0.39 is 0 Å². The molecule has 2 aromatic carbocycles. The van der Waals surface area contributed by atoms with Gasteiger partial charge in [-0.05, 0) is 62.1 Å². The molecule has 4 heteroatoms. The first kappa shape index (κ1) is 20.3. The Morgan fingerprint density at radius 3 is 2.32 bits per heavy atom. The summed E-state index contributed by atoms with van der Waals surface area (Å²) in [6.07, 6.45) is 7.43. The lowest BCUT2D eigenvalue weighted by Crippen LogP contribution is -2.43. The van der Waals surface area contributed by atoms with E-state index in [1.807, 2.05) is 0 Å². The minimum Gasteiger partial charge on any atom is -0.342 e. The third-order valence-corrected chi connectivity index (χ3v) is 7.38. The lowest BCUT2D eigenvalue weighted by Gasteiger charge is -2.37. The Morgan fingerprint density at radius 2 is 1.58 bits per heavy atom. The molecule has 0 radical (unpaired) electrons. The molecule has 1 saturated heterocycles. The molecular formula is C27H33N3O. The van der Waals surface area contributed by atoms with Crippen molar-refractivity contribution in [3.8, 4) is 0 Å². The second-order valence-corrected chi connectivity index (χ2v) is 9.56. The van der Waals surface area contributed by atoms with Crippen LogP contribution in [0.3, 0.4) is 0 Å². The van der Waals surface area contributed by atoms with Gasteiger partial charge in [-0.25, -0.2) is 4.98 Å². The molecule has 2 aliphatic rings. The van der Waals surface area contributed by atoms with Gasteiger partial charge in [-0.3, -0.25) is 4.79 Å². The van der Waals surface area contributed by atoms with E-state index in [9.17, 15) is 4.79 Å². The summed E-state index contributed by atoms with van der Waals surface area (Å²) in [4.78, 5) is 20.2. The normalized spacial score (nSPS) is 22.7. The molecule has 0 unspecified atom stereocenters. The first-order chi connectivity index (χ1) is 15.2. The molecule has 0 spiro atoms. The molecule has 0 N–H and O–H groups in total. The fourth-order valence-electron chi connectivity index (χ4n) is 5.51. The minimum absolute atomic E-state index is 0.260. The molecule has 2 heterocycles. The number of carbonyl (C=O) groups is 1. The highest BCUT2D eigenvalue weighted by Gasteiger charge is 2.31. The van der Waals surface area contributed by atoms with Crippen LogP contribution in [0.1, 0.15) is 62.9 Å². The van der Waals surface area contributed by atoms with Crippen LogP contribution >= 0.6 is 0 Å². The maximum Gasteiger partial charge on any atom is 0.225 e. The summed E-state index contributed by atoms with van der Waals surface area (Å²) in [5, 5.41) is 0. The van der Waals surface area contributed by atoms with Crippen LogP contribution in [-0.2, 0) is 11.2 Å². The number of amides is 1. The van der Waals surface area contributed by atoms with Crippen LogP contribution in [0.25, 0.3) is 11.0 Å². The van der Waals surface area contributed by atoms with Crippen LogP contribution in [0.15, 0.2) is 54.6 Å². The van der Waals surface area contributed by atoms with Crippen molar-refractivity contribution in [1.82, 2.24) is 14.5 Å². The maximum atomic E-state index is 13.1. The standard InChI is InChI=1S/C27H33N3O/c1-20-11-13-22(14-12-20)27(31)29-17-15-23(16-18-29)30-25-10-6-5-9-24(25)28-26(30)19-21-7-3-2-4-8-21/h2-10,20,22-23H,11-19H2,1H3. The number of imidazole rings is 1. The highest BCUT2D eigenvalue weighted by Crippen LogP contribution is 2.33. The first-order valence-corrected chi connectivity index (χ1v) is 12.0. The van der Waals surface area contributed by atoms with Gasteiger partial charge in [0.15, 0.2) is 0 Å². The Kier molecular flexibility index (Phi) is 5.80.